The Morgan fingerprint density at radius 3 is 2.87 bits per heavy atom. The summed E-state index contributed by atoms with van der Waals surface area (Å²) in [6.07, 6.45) is 1.08. The second-order valence-electron chi connectivity index (χ2n) is 5.74. The molecule has 2 heterocycles. The van der Waals surface area contributed by atoms with Gasteiger partial charge in [-0.25, -0.2) is 0 Å². The zero-order valence-electron chi connectivity index (χ0n) is 12.8. The van der Waals surface area contributed by atoms with E-state index < -0.39 is 0 Å². The largest absolute Gasteiger partial charge is 0.362 e. The summed E-state index contributed by atoms with van der Waals surface area (Å²) in [6.45, 7) is 4.30. The molecule has 1 aromatic heterocycles. The molecule has 0 saturated carbocycles. The van der Waals surface area contributed by atoms with Crippen LogP contribution in [-0.4, -0.2) is 24.9 Å². The Bertz CT molecular complexity index is 716. The Balaban J connectivity index is 1.56. The van der Waals surface area contributed by atoms with Crippen LogP contribution in [0.1, 0.15) is 28.6 Å². The molecule has 1 aromatic carbocycles. The van der Waals surface area contributed by atoms with E-state index in [2.05, 4.69) is 10.2 Å². The van der Waals surface area contributed by atoms with Gasteiger partial charge in [0, 0.05) is 35.7 Å². The molecule has 6 heteroatoms. The van der Waals surface area contributed by atoms with Crippen LogP contribution in [-0.2, 0) is 6.54 Å². The van der Waals surface area contributed by atoms with E-state index in [1.807, 2.05) is 24.3 Å². The zero-order valence-corrected chi connectivity index (χ0v) is 15.1. The fourth-order valence-corrected chi connectivity index (χ4v) is 4.14. The normalized spacial score (nSPS) is 17.7. The lowest BCUT2D eigenvalue weighted by Gasteiger charge is -2.17. The topological polar surface area (TPSA) is 32.3 Å². The minimum atomic E-state index is 0.132. The first-order valence-electron chi connectivity index (χ1n) is 7.56. The van der Waals surface area contributed by atoms with Gasteiger partial charge in [0.15, 0.2) is 5.78 Å². The van der Waals surface area contributed by atoms with E-state index in [1.165, 1.54) is 5.00 Å². The summed E-state index contributed by atoms with van der Waals surface area (Å²) in [6, 6.07) is 9.97. The molecule has 0 aliphatic carbocycles. The lowest BCUT2D eigenvalue weighted by Crippen LogP contribution is -2.31. The standard InChI is InChI=1S/C17H18Cl2N2OS/c1-11(22)16-4-5-17(23-16)21-7-6-14(10-21)20-9-12-2-3-13(18)8-15(12)19/h2-5,8,14,20H,6-7,9-10H2,1H3/t14-/m0/s1. The lowest BCUT2D eigenvalue weighted by atomic mass is 10.2. The van der Waals surface area contributed by atoms with E-state index in [4.69, 9.17) is 23.2 Å². The van der Waals surface area contributed by atoms with Crippen LogP contribution in [0.5, 0.6) is 0 Å². The highest BCUT2D eigenvalue weighted by Crippen LogP contribution is 2.29. The van der Waals surface area contributed by atoms with Crippen LogP contribution in [0.25, 0.3) is 0 Å². The van der Waals surface area contributed by atoms with Crippen molar-refractivity contribution < 1.29 is 4.79 Å². The van der Waals surface area contributed by atoms with Gasteiger partial charge in [-0.05, 0) is 43.2 Å². The predicted octanol–water partition coefficient (Wildman–Crippen LogP) is 4.63. The number of halogens is 2. The first-order valence-corrected chi connectivity index (χ1v) is 9.13. The number of thiophene rings is 1. The van der Waals surface area contributed by atoms with E-state index >= 15 is 0 Å². The molecule has 0 radical (unpaired) electrons. The Hall–Kier alpha value is -1.07. The molecular formula is C17H18Cl2N2OS. The van der Waals surface area contributed by atoms with E-state index in [0.717, 1.165) is 36.5 Å². The highest BCUT2D eigenvalue weighted by atomic mass is 35.5. The van der Waals surface area contributed by atoms with Gasteiger partial charge < -0.3 is 10.2 Å². The number of ketones is 1. The molecule has 2 aromatic rings. The number of hydrogen-bond donors (Lipinski definition) is 1. The maximum Gasteiger partial charge on any atom is 0.169 e. The highest BCUT2D eigenvalue weighted by Gasteiger charge is 2.23. The van der Waals surface area contributed by atoms with E-state index in [1.54, 1.807) is 24.3 Å². The highest BCUT2D eigenvalue weighted by molar-refractivity contribution is 7.18. The van der Waals surface area contributed by atoms with E-state index in [0.29, 0.717) is 16.1 Å². The monoisotopic (exact) mass is 368 g/mol. The van der Waals surface area contributed by atoms with Gasteiger partial charge in [-0.1, -0.05) is 29.3 Å². The molecule has 1 N–H and O–H groups in total. The average Bonchev–Trinajstić information content (AvgIpc) is 3.15. The summed E-state index contributed by atoms with van der Waals surface area (Å²) in [7, 11) is 0. The number of hydrogen-bond acceptors (Lipinski definition) is 4. The van der Waals surface area contributed by atoms with Crippen molar-refractivity contribution in [1.29, 1.82) is 0 Å². The van der Waals surface area contributed by atoms with Crippen LogP contribution >= 0.6 is 34.5 Å². The van der Waals surface area contributed by atoms with Gasteiger partial charge in [0.05, 0.1) is 9.88 Å². The summed E-state index contributed by atoms with van der Waals surface area (Å²) in [5.41, 5.74) is 1.06. The fraction of sp³-hybridized carbons (Fsp3) is 0.353. The predicted molar refractivity (Wildman–Crippen MR) is 98.2 cm³/mol. The molecule has 0 spiro atoms. The van der Waals surface area contributed by atoms with E-state index in [-0.39, 0.29) is 5.78 Å². The second-order valence-corrected chi connectivity index (χ2v) is 7.65. The number of nitrogens with zero attached hydrogens (tertiary/aromatic N) is 1. The Kier molecular flexibility index (Phi) is 5.27. The van der Waals surface area contributed by atoms with Crippen LogP contribution in [0.3, 0.4) is 0 Å². The minimum absolute atomic E-state index is 0.132. The summed E-state index contributed by atoms with van der Waals surface area (Å²) in [4.78, 5) is 14.6. The van der Waals surface area contributed by atoms with Crippen molar-refractivity contribution in [1.82, 2.24) is 5.32 Å². The van der Waals surface area contributed by atoms with Gasteiger partial charge >= 0.3 is 0 Å². The molecule has 1 saturated heterocycles. The third kappa shape index (κ3) is 4.07. The molecule has 0 amide bonds. The number of benzene rings is 1. The maximum atomic E-state index is 11.4. The zero-order chi connectivity index (χ0) is 16.4. The summed E-state index contributed by atoms with van der Waals surface area (Å²) < 4.78 is 0. The molecule has 23 heavy (non-hydrogen) atoms. The Morgan fingerprint density at radius 2 is 2.17 bits per heavy atom. The minimum Gasteiger partial charge on any atom is -0.362 e. The molecule has 3 rings (SSSR count). The smallest absolute Gasteiger partial charge is 0.169 e. The van der Waals surface area contributed by atoms with Crippen molar-refractivity contribution in [2.24, 2.45) is 0 Å². The van der Waals surface area contributed by atoms with Gasteiger partial charge in [-0.15, -0.1) is 11.3 Å². The maximum absolute atomic E-state index is 11.4. The molecule has 3 nitrogen and oxygen atoms in total. The quantitative estimate of drug-likeness (QED) is 0.781. The van der Waals surface area contributed by atoms with Gasteiger partial charge in [0.2, 0.25) is 0 Å². The molecule has 122 valence electrons. The van der Waals surface area contributed by atoms with Crippen LogP contribution in [0.4, 0.5) is 5.00 Å². The van der Waals surface area contributed by atoms with Crippen molar-refractivity contribution in [3.8, 4) is 0 Å². The van der Waals surface area contributed by atoms with Gasteiger partial charge in [-0.2, -0.15) is 0 Å². The molecule has 1 aliphatic rings. The van der Waals surface area contributed by atoms with Gasteiger partial charge in [0.25, 0.3) is 0 Å². The van der Waals surface area contributed by atoms with Crippen LogP contribution < -0.4 is 10.2 Å². The first kappa shape index (κ1) is 16.8. The van der Waals surface area contributed by atoms with Gasteiger partial charge in [0.1, 0.15) is 0 Å². The third-order valence-corrected chi connectivity index (χ3v) is 5.87. The van der Waals surface area contributed by atoms with Crippen LogP contribution in [0, 0.1) is 0 Å². The molecule has 1 atom stereocenters. The van der Waals surface area contributed by atoms with Crippen molar-refractivity contribution >= 4 is 45.3 Å². The fourth-order valence-electron chi connectivity index (χ4n) is 2.73. The molecule has 0 unspecified atom stereocenters. The van der Waals surface area contributed by atoms with Crippen LogP contribution in [0.2, 0.25) is 10.0 Å². The van der Waals surface area contributed by atoms with Crippen molar-refractivity contribution in [3.63, 3.8) is 0 Å². The SMILES string of the molecule is CC(=O)c1ccc(N2CC[C@H](NCc3ccc(Cl)cc3Cl)C2)s1. The number of carbonyl (C=O) groups is 1. The summed E-state index contributed by atoms with van der Waals surface area (Å²) in [5.74, 6) is 0.132. The first-order chi connectivity index (χ1) is 11.0. The lowest BCUT2D eigenvalue weighted by molar-refractivity contribution is 0.102. The third-order valence-electron chi connectivity index (χ3n) is 4.04. The van der Waals surface area contributed by atoms with Gasteiger partial charge in [-0.3, -0.25) is 4.79 Å². The van der Waals surface area contributed by atoms with Crippen molar-refractivity contribution in [2.45, 2.75) is 25.9 Å². The van der Waals surface area contributed by atoms with Crippen LogP contribution in [0.15, 0.2) is 30.3 Å². The molecule has 1 fully saturated rings. The number of Topliss-reactive ketones (excluding diaryl/α,β-unsaturated/α-hetero) is 1. The Labute approximate surface area is 150 Å². The number of anilines is 1. The van der Waals surface area contributed by atoms with Crippen molar-refractivity contribution in [2.75, 3.05) is 18.0 Å². The molecule has 1 aliphatic heterocycles. The van der Waals surface area contributed by atoms with Crippen molar-refractivity contribution in [3.05, 3.63) is 50.8 Å². The number of nitrogens with one attached hydrogen (secondary N) is 1. The molecular weight excluding hydrogens is 351 g/mol. The number of rotatable bonds is 5. The van der Waals surface area contributed by atoms with E-state index in [9.17, 15) is 4.79 Å². The summed E-state index contributed by atoms with van der Waals surface area (Å²) >= 11 is 13.7. The summed E-state index contributed by atoms with van der Waals surface area (Å²) in [5, 5.41) is 6.08. The Morgan fingerprint density at radius 1 is 1.35 bits per heavy atom. The number of carbonyl (C=O) groups excluding carboxylic acids is 1. The molecule has 0 bridgehead atoms. The second kappa shape index (κ2) is 7.22. The average molecular weight is 369 g/mol.